The van der Waals surface area contributed by atoms with E-state index >= 15 is 0 Å². The molecule has 1 aliphatic rings. The first-order valence-corrected chi connectivity index (χ1v) is 10.4. The van der Waals surface area contributed by atoms with Gasteiger partial charge in [-0.2, -0.15) is 0 Å². The summed E-state index contributed by atoms with van der Waals surface area (Å²) in [6, 6.07) is 0. The number of aliphatic hydroxyl groups is 3. The Bertz CT molecular complexity index is 300. The Hall–Kier alpha value is -0.200. The van der Waals surface area contributed by atoms with Crippen LogP contribution in [-0.2, 0) is 9.47 Å². The number of hydrogen-bond acceptors (Lipinski definition) is 5. The van der Waals surface area contributed by atoms with Gasteiger partial charge in [0.25, 0.3) is 0 Å². The Labute approximate surface area is 153 Å². The molecule has 1 rings (SSSR count). The number of unbranched alkanes of at least 4 members (excludes halogenated alkanes) is 11. The average Bonchev–Trinajstić information content (AvgIpc) is 2.61. The van der Waals surface area contributed by atoms with Crippen molar-refractivity contribution >= 4 is 0 Å². The maximum atomic E-state index is 9.80. The van der Waals surface area contributed by atoms with Gasteiger partial charge in [-0.05, 0) is 6.42 Å². The van der Waals surface area contributed by atoms with Gasteiger partial charge >= 0.3 is 0 Å². The molecule has 25 heavy (non-hydrogen) atoms. The second kappa shape index (κ2) is 14.9. The number of rotatable bonds is 15. The summed E-state index contributed by atoms with van der Waals surface area (Å²) >= 11 is 0. The van der Waals surface area contributed by atoms with Crippen LogP contribution in [0.2, 0.25) is 0 Å². The zero-order chi connectivity index (χ0) is 18.3. The van der Waals surface area contributed by atoms with Crippen molar-refractivity contribution in [2.24, 2.45) is 0 Å². The van der Waals surface area contributed by atoms with Gasteiger partial charge in [0.2, 0.25) is 0 Å². The minimum Gasteiger partial charge on any atom is -0.388 e. The Morgan fingerprint density at radius 1 is 0.760 bits per heavy atom. The van der Waals surface area contributed by atoms with Gasteiger partial charge in [0.15, 0.2) is 0 Å². The predicted molar refractivity (Wildman–Crippen MR) is 99.7 cm³/mol. The van der Waals surface area contributed by atoms with Crippen LogP contribution >= 0.6 is 0 Å². The van der Waals surface area contributed by atoms with E-state index in [1.165, 1.54) is 70.6 Å². The van der Waals surface area contributed by atoms with Crippen LogP contribution in [0.25, 0.3) is 0 Å². The highest BCUT2D eigenvalue weighted by Gasteiger charge is 2.37. The van der Waals surface area contributed by atoms with Crippen LogP contribution in [0.1, 0.15) is 84.0 Å². The molecule has 0 aliphatic carbocycles. The minimum absolute atomic E-state index is 0.0465. The molecule has 0 saturated carbocycles. The van der Waals surface area contributed by atoms with Crippen LogP contribution in [0.3, 0.4) is 0 Å². The Balaban J connectivity index is 1.82. The van der Waals surface area contributed by atoms with Crippen LogP contribution in [0, 0.1) is 0 Å². The zero-order valence-corrected chi connectivity index (χ0v) is 16.1. The maximum Gasteiger partial charge on any atom is 0.111 e. The van der Waals surface area contributed by atoms with E-state index in [1.807, 2.05) is 0 Å². The van der Waals surface area contributed by atoms with E-state index < -0.39 is 24.4 Å². The first-order chi connectivity index (χ1) is 12.2. The van der Waals surface area contributed by atoms with Gasteiger partial charge in [-0.15, -0.1) is 0 Å². The Morgan fingerprint density at radius 3 is 1.84 bits per heavy atom. The van der Waals surface area contributed by atoms with E-state index in [0.29, 0.717) is 6.61 Å². The average molecular weight is 361 g/mol. The molecule has 1 fully saturated rings. The third-order valence-electron chi connectivity index (χ3n) is 5.03. The van der Waals surface area contributed by atoms with E-state index in [0.717, 1.165) is 6.42 Å². The summed E-state index contributed by atoms with van der Waals surface area (Å²) in [6.45, 7) is 3.23. The van der Waals surface area contributed by atoms with Gasteiger partial charge < -0.3 is 24.8 Å². The molecule has 0 bridgehead atoms. The lowest BCUT2D eigenvalue weighted by molar-refractivity contribution is -0.199. The summed E-state index contributed by atoms with van der Waals surface area (Å²) in [6.07, 6.45) is 12.0. The zero-order valence-electron chi connectivity index (χ0n) is 16.1. The van der Waals surface area contributed by atoms with E-state index in [1.54, 1.807) is 0 Å². The molecule has 4 atom stereocenters. The molecular formula is C20H40O5. The van der Waals surface area contributed by atoms with Gasteiger partial charge in [0.05, 0.1) is 13.2 Å². The molecule has 1 aliphatic heterocycles. The standard InChI is InChI=1S/C20H40O5/c1-2-3-4-5-6-7-8-9-10-11-12-13-14-24-16-18-20(23)19(22)17(21)15-25-18/h17-23H,2-16H2,1H3/t17-,18+,19+,20+/m1/s1. The molecule has 0 radical (unpaired) electrons. The predicted octanol–water partition coefficient (Wildman–Crippen LogP) is 3.19. The van der Waals surface area contributed by atoms with Crippen molar-refractivity contribution in [3.8, 4) is 0 Å². The highest BCUT2D eigenvalue weighted by molar-refractivity contribution is 4.86. The maximum absolute atomic E-state index is 9.80. The third-order valence-corrected chi connectivity index (χ3v) is 5.03. The largest absolute Gasteiger partial charge is 0.388 e. The summed E-state index contributed by atoms with van der Waals surface area (Å²) in [7, 11) is 0. The summed E-state index contributed by atoms with van der Waals surface area (Å²) < 4.78 is 10.8. The van der Waals surface area contributed by atoms with E-state index in [2.05, 4.69) is 6.92 Å². The van der Waals surface area contributed by atoms with Gasteiger partial charge in [0.1, 0.15) is 24.4 Å². The quantitative estimate of drug-likeness (QED) is 0.391. The van der Waals surface area contributed by atoms with E-state index in [4.69, 9.17) is 9.47 Å². The first kappa shape index (κ1) is 22.8. The molecule has 0 amide bonds. The fraction of sp³-hybridized carbons (Fsp3) is 1.00. The molecule has 1 heterocycles. The molecule has 150 valence electrons. The van der Waals surface area contributed by atoms with Crippen LogP contribution in [-0.4, -0.2) is 59.6 Å². The van der Waals surface area contributed by atoms with Crippen molar-refractivity contribution in [1.29, 1.82) is 0 Å². The highest BCUT2D eigenvalue weighted by atomic mass is 16.6. The molecule has 3 N–H and O–H groups in total. The van der Waals surface area contributed by atoms with Crippen molar-refractivity contribution in [1.82, 2.24) is 0 Å². The smallest absolute Gasteiger partial charge is 0.111 e. The van der Waals surface area contributed by atoms with Crippen LogP contribution < -0.4 is 0 Å². The van der Waals surface area contributed by atoms with Crippen LogP contribution in [0.4, 0.5) is 0 Å². The number of ether oxygens (including phenoxy) is 2. The Kier molecular flexibility index (Phi) is 13.6. The fourth-order valence-electron chi connectivity index (χ4n) is 3.26. The molecule has 5 heteroatoms. The van der Waals surface area contributed by atoms with Crippen molar-refractivity contribution in [2.45, 2.75) is 108 Å². The first-order valence-electron chi connectivity index (χ1n) is 10.4. The molecule has 0 unspecified atom stereocenters. The fourth-order valence-corrected chi connectivity index (χ4v) is 3.26. The molecule has 0 spiro atoms. The van der Waals surface area contributed by atoms with Crippen LogP contribution in [0.5, 0.6) is 0 Å². The topological polar surface area (TPSA) is 79.2 Å². The van der Waals surface area contributed by atoms with Crippen LogP contribution in [0.15, 0.2) is 0 Å². The van der Waals surface area contributed by atoms with Crippen molar-refractivity contribution in [3.63, 3.8) is 0 Å². The highest BCUT2D eigenvalue weighted by Crippen LogP contribution is 2.16. The number of hydrogen-bond donors (Lipinski definition) is 3. The normalized spacial score (nSPS) is 26.9. The second-order valence-electron chi connectivity index (χ2n) is 7.38. The summed E-state index contributed by atoms with van der Waals surface area (Å²) in [5.74, 6) is 0. The van der Waals surface area contributed by atoms with Gasteiger partial charge in [-0.3, -0.25) is 0 Å². The van der Waals surface area contributed by atoms with E-state index in [9.17, 15) is 15.3 Å². The number of aliphatic hydroxyl groups excluding tert-OH is 3. The molecule has 0 aromatic rings. The summed E-state index contributed by atoms with van der Waals surface area (Å²) in [5, 5.41) is 28.8. The lowest BCUT2D eigenvalue weighted by Crippen LogP contribution is -2.54. The summed E-state index contributed by atoms with van der Waals surface area (Å²) in [5.41, 5.74) is 0. The second-order valence-corrected chi connectivity index (χ2v) is 7.38. The molecule has 1 saturated heterocycles. The van der Waals surface area contributed by atoms with Crippen molar-refractivity contribution < 1.29 is 24.8 Å². The monoisotopic (exact) mass is 360 g/mol. The molecule has 0 aromatic carbocycles. The van der Waals surface area contributed by atoms with Gasteiger partial charge in [0, 0.05) is 6.61 Å². The lowest BCUT2D eigenvalue weighted by Gasteiger charge is -2.35. The minimum atomic E-state index is -1.14. The van der Waals surface area contributed by atoms with E-state index in [-0.39, 0.29) is 13.2 Å². The third kappa shape index (κ3) is 10.5. The molecule has 0 aromatic heterocycles. The Morgan fingerprint density at radius 2 is 1.28 bits per heavy atom. The SMILES string of the molecule is CCCCCCCCCCCCCCOC[C@@H]1OC[C@@H](O)[C@H](O)[C@H]1O. The molecular weight excluding hydrogens is 320 g/mol. The van der Waals surface area contributed by atoms with Gasteiger partial charge in [-0.1, -0.05) is 77.6 Å². The summed E-state index contributed by atoms with van der Waals surface area (Å²) in [4.78, 5) is 0. The molecule has 5 nitrogen and oxygen atoms in total. The van der Waals surface area contributed by atoms with Crippen molar-refractivity contribution in [3.05, 3.63) is 0 Å². The van der Waals surface area contributed by atoms with Gasteiger partial charge in [-0.25, -0.2) is 0 Å². The lowest BCUT2D eigenvalue weighted by atomic mass is 10.0. The van der Waals surface area contributed by atoms with Crippen molar-refractivity contribution in [2.75, 3.05) is 19.8 Å².